The molecule has 1 aromatic heterocycles. The van der Waals surface area contributed by atoms with Gasteiger partial charge >= 0.3 is 11.8 Å². The van der Waals surface area contributed by atoms with Gasteiger partial charge < -0.3 is 15.7 Å². The van der Waals surface area contributed by atoms with Crippen molar-refractivity contribution in [2.45, 2.75) is 32.3 Å². The molecule has 2 amide bonds. The molecule has 0 spiro atoms. The molecule has 0 unspecified atom stereocenters. The fourth-order valence-electron chi connectivity index (χ4n) is 1.48. The molecule has 1 aromatic rings. The predicted octanol–water partition coefficient (Wildman–Crippen LogP) is 1.45. The van der Waals surface area contributed by atoms with Crippen LogP contribution in [-0.2, 0) is 9.59 Å². The Bertz CT molecular complexity index is 490. The van der Waals surface area contributed by atoms with Crippen molar-refractivity contribution in [3.05, 3.63) is 22.8 Å². The topological polar surface area (TPSA) is 91.3 Å². The fourth-order valence-corrected chi connectivity index (χ4v) is 1.82. The number of halogens is 1. The first-order valence-electron chi connectivity index (χ1n) is 6.34. The summed E-state index contributed by atoms with van der Waals surface area (Å²) in [6.45, 7) is 3.68. The molecule has 0 aliphatic rings. The molecule has 0 fully saturated rings. The number of hydrogen-bond donors (Lipinski definition) is 3. The van der Waals surface area contributed by atoms with E-state index in [2.05, 4.69) is 31.5 Å². The molecule has 1 rings (SSSR count). The Kier molecular flexibility index (Phi) is 6.09. The average Bonchev–Trinajstić information content (AvgIpc) is 2.44. The van der Waals surface area contributed by atoms with Gasteiger partial charge in [-0.05, 0) is 40.9 Å². The molecule has 0 aliphatic heterocycles. The number of aliphatic hydroxyl groups is 1. The van der Waals surface area contributed by atoms with Crippen LogP contribution < -0.4 is 10.6 Å². The molecule has 0 saturated carbocycles. The maximum absolute atomic E-state index is 11.7. The van der Waals surface area contributed by atoms with Crippen molar-refractivity contribution in [2.75, 3.05) is 11.9 Å². The molecule has 7 heteroatoms. The zero-order valence-corrected chi connectivity index (χ0v) is 13.0. The van der Waals surface area contributed by atoms with Gasteiger partial charge in [-0.1, -0.05) is 19.9 Å². The van der Waals surface area contributed by atoms with Crippen LogP contribution in [0.25, 0.3) is 0 Å². The highest BCUT2D eigenvalue weighted by molar-refractivity contribution is 9.10. The smallest absolute Gasteiger partial charge is 0.314 e. The monoisotopic (exact) mass is 343 g/mol. The van der Waals surface area contributed by atoms with Gasteiger partial charge in [-0.2, -0.15) is 0 Å². The number of aromatic nitrogens is 1. The highest BCUT2D eigenvalue weighted by Crippen LogP contribution is 2.13. The number of hydrogen-bond acceptors (Lipinski definition) is 4. The molecular formula is C13H18BrN3O3. The zero-order valence-electron chi connectivity index (χ0n) is 11.4. The molecule has 0 aromatic carbocycles. The summed E-state index contributed by atoms with van der Waals surface area (Å²) in [6.07, 6.45) is 0.997. The average molecular weight is 344 g/mol. The van der Waals surface area contributed by atoms with E-state index in [1.54, 1.807) is 18.2 Å². The number of nitrogens with zero attached hydrogens (tertiary/aromatic N) is 1. The lowest BCUT2D eigenvalue weighted by atomic mass is 9.98. The largest absolute Gasteiger partial charge is 0.388 e. The Morgan fingerprint density at radius 1 is 1.30 bits per heavy atom. The predicted molar refractivity (Wildman–Crippen MR) is 79.1 cm³/mol. The number of rotatable bonds is 5. The van der Waals surface area contributed by atoms with Gasteiger partial charge in [0.05, 0.1) is 5.60 Å². The van der Waals surface area contributed by atoms with Crippen molar-refractivity contribution < 1.29 is 14.7 Å². The molecule has 1 heterocycles. The van der Waals surface area contributed by atoms with Gasteiger partial charge in [0.25, 0.3) is 0 Å². The summed E-state index contributed by atoms with van der Waals surface area (Å²) in [7, 11) is 0. The van der Waals surface area contributed by atoms with Crippen molar-refractivity contribution in [3.8, 4) is 0 Å². The van der Waals surface area contributed by atoms with Crippen molar-refractivity contribution in [1.29, 1.82) is 0 Å². The molecule has 20 heavy (non-hydrogen) atoms. The summed E-state index contributed by atoms with van der Waals surface area (Å²) >= 11 is 3.17. The Hall–Kier alpha value is -1.47. The van der Waals surface area contributed by atoms with Gasteiger partial charge in [0.15, 0.2) is 0 Å². The Balaban J connectivity index is 2.54. The maximum Gasteiger partial charge on any atom is 0.314 e. The number of nitrogens with one attached hydrogen (secondary N) is 2. The lowest BCUT2D eigenvalue weighted by Crippen LogP contribution is -2.45. The van der Waals surface area contributed by atoms with E-state index >= 15 is 0 Å². The van der Waals surface area contributed by atoms with Crippen LogP contribution in [0.2, 0.25) is 0 Å². The molecule has 0 radical (unpaired) electrons. The van der Waals surface area contributed by atoms with Gasteiger partial charge in [-0.3, -0.25) is 9.59 Å². The Morgan fingerprint density at radius 3 is 2.50 bits per heavy atom. The summed E-state index contributed by atoms with van der Waals surface area (Å²) in [5, 5.41) is 14.8. The van der Waals surface area contributed by atoms with E-state index < -0.39 is 17.4 Å². The number of carbonyl (C=O) groups is 2. The molecule has 0 bridgehead atoms. The Morgan fingerprint density at radius 2 is 1.95 bits per heavy atom. The molecule has 6 nitrogen and oxygen atoms in total. The fraction of sp³-hybridized carbons (Fsp3) is 0.462. The minimum absolute atomic E-state index is 0.0398. The first-order chi connectivity index (χ1) is 9.40. The van der Waals surface area contributed by atoms with Crippen molar-refractivity contribution in [1.82, 2.24) is 10.3 Å². The van der Waals surface area contributed by atoms with Gasteiger partial charge in [-0.25, -0.2) is 4.98 Å². The van der Waals surface area contributed by atoms with Gasteiger partial charge in [0.2, 0.25) is 0 Å². The zero-order chi connectivity index (χ0) is 15.2. The van der Waals surface area contributed by atoms with Crippen LogP contribution in [0.5, 0.6) is 0 Å². The normalized spacial score (nSPS) is 11.0. The van der Waals surface area contributed by atoms with E-state index in [1.807, 2.05) is 13.8 Å². The summed E-state index contributed by atoms with van der Waals surface area (Å²) in [5.74, 6) is -1.34. The highest BCUT2D eigenvalue weighted by Gasteiger charge is 2.24. The minimum Gasteiger partial charge on any atom is -0.388 e. The summed E-state index contributed by atoms with van der Waals surface area (Å²) < 4.78 is 0.557. The number of amides is 2. The SMILES string of the molecule is CCC(O)(CC)CNC(=O)C(=O)Nc1cccc(Br)n1. The standard InChI is InChI=1S/C13H18BrN3O3/c1-3-13(20,4-2)8-15-11(18)12(19)17-10-7-5-6-9(14)16-10/h5-7,20H,3-4,8H2,1-2H3,(H,15,18)(H,16,17,19). The third-order valence-corrected chi connectivity index (χ3v) is 3.50. The molecule has 0 atom stereocenters. The van der Waals surface area contributed by atoms with Gasteiger partial charge in [0.1, 0.15) is 10.4 Å². The molecule has 0 aliphatic carbocycles. The second kappa shape index (κ2) is 7.35. The van der Waals surface area contributed by atoms with E-state index in [1.165, 1.54) is 0 Å². The highest BCUT2D eigenvalue weighted by atomic mass is 79.9. The second-order valence-electron chi connectivity index (χ2n) is 4.41. The van der Waals surface area contributed by atoms with Crippen LogP contribution in [0.3, 0.4) is 0 Å². The quantitative estimate of drug-likeness (QED) is 0.557. The van der Waals surface area contributed by atoms with E-state index in [0.29, 0.717) is 17.4 Å². The molecule has 110 valence electrons. The lowest BCUT2D eigenvalue weighted by molar-refractivity contribution is -0.136. The number of carbonyl (C=O) groups excluding carboxylic acids is 2. The van der Waals surface area contributed by atoms with E-state index in [0.717, 1.165) is 0 Å². The van der Waals surface area contributed by atoms with Crippen molar-refractivity contribution >= 4 is 33.6 Å². The van der Waals surface area contributed by atoms with Crippen LogP contribution in [-0.4, -0.2) is 34.1 Å². The van der Waals surface area contributed by atoms with Crippen molar-refractivity contribution in [2.24, 2.45) is 0 Å². The molecule has 3 N–H and O–H groups in total. The van der Waals surface area contributed by atoms with Crippen LogP contribution in [0.4, 0.5) is 5.82 Å². The second-order valence-corrected chi connectivity index (χ2v) is 5.23. The Labute approximate surface area is 126 Å². The molecular weight excluding hydrogens is 326 g/mol. The third-order valence-electron chi connectivity index (χ3n) is 3.06. The van der Waals surface area contributed by atoms with E-state index in [-0.39, 0.29) is 12.4 Å². The summed E-state index contributed by atoms with van der Waals surface area (Å²) in [5.41, 5.74) is -0.982. The number of pyridine rings is 1. The van der Waals surface area contributed by atoms with Crippen LogP contribution in [0, 0.1) is 0 Å². The maximum atomic E-state index is 11.7. The summed E-state index contributed by atoms with van der Waals surface area (Å²) in [6, 6.07) is 4.97. The first kappa shape index (κ1) is 16.6. The van der Waals surface area contributed by atoms with Gasteiger partial charge in [0, 0.05) is 6.54 Å². The van der Waals surface area contributed by atoms with Crippen molar-refractivity contribution in [3.63, 3.8) is 0 Å². The first-order valence-corrected chi connectivity index (χ1v) is 7.13. The van der Waals surface area contributed by atoms with E-state index in [4.69, 9.17) is 0 Å². The van der Waals surface area contributed by atoms with Crippen LogP contribution in [0.1, 0.15) is 26.7 Å². The van der Waals surface area contributed by atoms with Gasteiger partial charge in [-0.15, -0.1) is 0 Å². The van der Waals surface area contributed by atoms with E-state index in [9.17, 15) is 14.7 Å². The van der Waals surface area contributed by atoms with Crippen LogP contribution in [0.15, 0.2) is 22.8 Å². The number of anilines is 1. The summed E-state index contributed by atoms with van der Waals surface area (Å²) in [4.78, 5) is 27.3. The van der Waals surface area contributed by atoms with Crippen LogP contribution >= 0.6 is 15.9 Å². The third kappa shape index (κ3) is 4.90. The minimum atomic E-state index is -0.982. The lowest BCUT2D eigenvalue weighted by Gasteiger charge is -2.25. The molecule has 0 saturated heterocycles.